The topological polar surface area (TPSA) is 46.8 Å². The second-order valence-electron chi connectivity index (χ2n) is 5.73. The monoisotopic (exact) mass is 340 g/mol. The van der Waals surface area contributed by atoms with Gasteiger partial charge in [0, 0.05) is 24.4 Å². The van der Waals surface area contributed by atoms with Crippen molar-refractivity contribution in [1.29, 1.82) is 0 Å². The number of hydrogen-bond donors (Lipinski definition) is 1. The molecule has 1 aliphatic heterocycles. The molecule has 0 aliphatic carbocycles. The fraction of sp³-hybridized carbons (Fsp3) is 0.250. The summed E-state index contributed by atoms with van der Waals surface area (Å²) < 4.78 is 25.1. The molecule has 0 amide bonds. The molecule has 0 atom stereocenters. The van der Waals surface area contributed by atoms with E-state index < -0.39 is 0 Å². The van der Waals surface area contributed by atoms with Gasteiger partial charge < -0.3 is 14.5 Å². The highest BCUT2D eigenvalue weighted by Crippen LogP contribution is 2.25. The van der Waals surface area contributed by atoms with Gasteiger partial charge in [-0.25, -0.2) is 0 Å². The van der Waals surface area contributed by atoms with Crippen molar-refractivity contribution in [3.8, 4) is 5.75 Å². The van der Waals surface area contributed by atoms with Crippen molar-refractivity contribution in [3.05, 3.63) is 59.8 Å². The molecule has 0 fully saturated rings. The van der Waals surface area contributed by atoms with Crippen molar-refractivity contribution < 1.29 is 13.5 Å². The maximum absolute atomic E-state index is 14.1. The molecule has 4 nitrogen and oxygen atoms in total. The number of aliphatic imine (C=N–C) groups is 1. The lowest BCUT2D eigenvalue weighted by Gasteiger charge is -2.05. The molecule has 25 heavy (non-hydrogen) atoms. The Labute approximate surface area is 146 Å². The van der Waals surface area contributed by atoms with E-state index in [-0.39, 0.29) is 5.95 Å². The van der Waals surface area contributed by atoms with Gasteiger partial charge in [-0.15, -0.1) is 0 Å². The predicted octanol–water partition coefficient (Wildman–Crippen LogP) is 4.99. The molecule has 1 aromatic heterocycles. The number of halogens is 1. The van der Waals surface area contributed by atoms with E-state index in [2.05, 4.69) is 10.3 Å². The van der Waals surface area contributed by atoms with E-state index in [1.807, 2.05) is 48.6 Å². The van der Waals surface area contributed by atoms with Gasteiger partial charge in [-0.05, 0) is 43.2 Å². The normalized spacial score (nSPS) is 16.7. The summed E-state index contributed by atoms with van der Waals surface area (Å²) in [5, 5.41) is 3.71. The van der Waals surface area contributed by atoms with Crippen molar-refractivity contribution in [3.63, 3.8) is 0 Å². The number of hydrogen-bond acceptors (Lipinski definition) is 3. The highest BCUT2D eigenvalue weighted by Gasteiger charge is 2.09. The van der Waals surface area contributed by atoms with Gasteiger partial charge in [0.1, 0.15) is 22.9 Å². The van der Waals surface area contributed by atoms with E-state index in [1.54, 1.807) is 14.2 Å². The second kappa shape index (κ2) is 7.83. The first-order valence-electron chi connectivity index (χ1n) is 8.21. The van der Waals surface area contributed by atoms with Crippen molar-refractivity contribution in [1.82, 2.24) is 5.32 Å². The van der Waals surface area contributed by atoms with E-state index in [4.69, 9.17) is 9.15 Å². The lowest BCUT2D eigenvalue weighted by atomic mass is 10.1. The van der Waals surface area contributed by atoms with E-state index in [0.717, 1.165) is 22.5 Å². The van der Waals surface area contributed by atoms with Crippen LogP contribution < -0.4 is 10.1 Å². The highest BCUT2D eigenvalue weighted by atomic mass is 19.1. The van der Waals surface area contributed by atoms with Gasteiger partial charge >= 0.3 is 0 Å². The number of fused-ring (bicyclic) bond motifs is 1. The van der Waals surface area contributed by atoms with Crippen LogP contribution in [0.15, 0.2) is 63.4 Å². The molecule has 0 spiro atoms. The van der Waals surface area contributed by atoms with Crippen LogP contribution in [0.3, 0.4) is 0 Å². The van der Waals surface area contributed by atoms with E-state index in [9.17, 15) is 4.39 Å². The Hall–Kier alpha value is -2.82. The third kappa shape index (κ3) is 4.18. The summed E-state index contributed by atoms with van der Waals surface area (Å²) in [5.41, 5.74) is 1.47. The molecule has 2 heterocycles. The maximum Gasteiger partial charge on any atom is 0.195 e. The third-order valence-electron chi connectivity index (χ3n) is 4.04. The largest absolute Gasteiger partial charge is 0.497 e. The fourth-order valence-corrected chi connectivity index (χ4v) is 2.67. The van der Waals surface area contributed by atoms with Crippen molar-refractivity contribution in [2.24, 2.45) is 4.99 Å². The first-order chi connectivity index (χ1) is 12.2. The number of rotatable bonds is 5. The van der Waals surface area contributed by atoms with Gasteiger partial charge in [-0.1, -0.05) is 18.2 Å². The Morgan fingerprint density at radius 1 is 1.36 bits per heavy atom. The van der Waals surface area contributed by atoms with Crippen LogP contribution in [0, 0.1) is 0 Å². The number of methoxy groups -OCH3 is 1. The minimum absolute atomic E-state index is 0.321. The molecule has 0 saturated carbocycles. The third-order valence-corrected chi connectivity index (χ3v) is 4.04. The first kappa shape index (κ1) is 17.0. The SMILES string of the molecule is CN=C1CC=CC(CC/C=C/c2cc3cc(OC)ccc3o2)=C(F)N1. The average Bonchev–Trinajstić information content (AvgIpc) is 2.94. The van der Waals surface area contributed by atoms with Crippen molar-refractivity contribution in [2.45, 2.75) is 19.3 Å². The summed E-state index contributed by atoms with van der Waals surface area (Å²) in [6, 6.07) is 7.66. The highest BCUT2D eigenvalue weighted by molar-refractivity contribution is 5.85. The predicted molar refractivity (Wildman–Crippen MR) is 99.4 cm³/mol. The summed E-state index contributed by atoms with van der Waals surface area (Å²) in [6.07, 6.45) is 9.59. The quantitative estimate of drug-likeness (QED) is 0.780. The molecular weight excluding hydrogens is 319 g/mol. The van der Waals surface area contributed by atoms with Gasteiger partial charge in [0.2, 0.25) is 0 Å². The number of furan rings is 1. The zero-order chi connectivity index (χ0) is 17.6. The van der Waals surface area contributed by atoms with Crippen LogP contribution in [0.5, 0.6) is 5.75 Å². The van der Waals surface area contributed by atoms with Crippen LogP contribution in [0.2, 0.25) is 0 Å². The first-order valence-corrected chi connectivity index (χ1v) is 8.21. The Kier molecular flexibility index (Phi) is 5.33. The molecule has 1 aliphatic rings. The second-order valence-corrected chi connectivity index (χ2v) is 5.73. The van der Waals surface area contributed by atoms with Gasteiger partial charge in [-0.3, -0.25) is 4.99 Å². The van der Waals surface area contributed by atoms with Crippen LogP contribution in [-0.2, 0) is 0 Å². The number of nitrogens with one attached hydrogen (secondary N) is 1. The Morgan fingerprint density at radius 2 is 2.24 bits per heavy atom. The minimum atomic E-state index is -0.321. The zero-order valence-corrected chi connectivity index (χ0v) is 14.4. The summed E-state index contributed by atoms with van der Waals surface area (Å²) in [4.78, 5) is 4.01. The van der Waals surface area contributed by atoms with E-state index >= 15 is 0 Å². The molecule has 0 bridgehead atoms. The van der Waals surface area contributed by atoms with Gasteiger partial charge in [0.05, 0.1) is 7.11 Å². The molecule has 3 rings (SSSR count). The standard InChI is InChI=1S/C20H21FN2O2/c1-22-19-9-5-7-14(20(21)23-19)6-3-4-8-17-13-15-12-16(24-2)10-11-18(15)25-17/h4-5,7-8,10-13H,3,6,9H2,1-2H3,(H,22,23)/b8-4+. The van der Waals surface area contributed by atoms with Gasteiger partial charge in [0.15, 0.2) is 5.95 Å². The Morgan fingerprint density at radius 3 is 3.04 bits per heavy atom. The van der Waals surface area contributed by atoms with Crippen LogP contribution >= 0.6 is 0 Å². The minimum Gasteiger partial charge on any atom is -0.497 e. The van der Waals surface area contributed by atoms with Gasteiger partial charge in [-0.2, -0.15) is 4.39 Å². The van der Waals surface area contributed by atoms with Crippen molar-refractivity contribution >= 4 is 22.9 Å². The average molecular weight is 340 g/mol. The molecular formula is C20H21FN2O2. The molecule has 5 heteroatoms. The van der Waals surface area contributed by atoms with Crippen LogP contribution in [-0.4, -0.2) is 20.0 Å². The van der Waals surface area contributed by atoms with Crippen molar-refractivity contribution in [2.75, 3.05) is 14.2 Å². The summed E-state index contributed by atoms with van der Waals surface area (Å²) >= 11 is 0. The lowest BCUT2D eigenvalue weighted by Crippen LogP contribution is -2.19. The molecule has 2 aromatic rings. The van der Waals surface area contributed by atoms with Crippen LogP contribution in [0.1, 0.15) is 25.0 Å². The van der Waals surface area contributed by atoms with Gasteiger partial charge in [0.25, 0.3) is 0 Å². The molecule has 0 saturated heterocycles. The van der Waals surface area contributed by atoms with E-state index in [1.165, 1.54) is 0 Å². The van der Waals surface area contributed by atoms with Crippen LogP contribution in [0.4, 0.5) is 4.39 Å². The smallest absolute Gasteiger partial charge is 0.195 e. The molecule has 130 valence electrons. The number of benzene rings is 1. The number of amidine groups is 1. The number of allylic oxidation sites excluding steroid dienone is 3. The number of ether oxygens (including phenoxy) is 1. The fourth-order valence-electron chi connectivity index (χ4n) is 2.67. The Balaban J connectivity index is 1.63. The molecule has 0 radical (unpaired) electrons. The summed E-state index contributed by atoms with van der Waals surface area (Å²) in [5.74, 6) is 1.89. The Bertz CT molecular complexity index is 875. The summed E-state index contributed by atoms with van der Waals surface area (Å²) in [7, 11) is 3.29. The molecule has 1 aromatic carbocycles. The molecule has 1 N–H and O–H groups in total. The maximum atomic E-state index is 14.1. The van der Waals surface area contributed by atoms with E-state index in [0.29, 0.717) is 30.7 Å². The summed E-state index contributed by atoms with van der Waals surface area (Å²) in [6.45, 7) is 0. The zero-order valence-electron chi connectivity index (χ0n) is 14.4. The lowest BCUT2D eigenvalue weighted by molar-refractivity contribution is 0.415. The van der Waals surface area contributed by atoms with Crippen LogP contribution in [0.25, 0.3) is 17.0 Å². The number of nitrogens with zero attached hydrogens (tertiary/aromatic N) is 1. The molecule has 0 unspecified atom stereocenters.